The maximum Gasteiger partial charge on any atom is 0.312 e. The molecule has 1 N–H and O–H groups in total. The fraction of sp³-hybridized carbons (Fsp3) is 0.909. The minimum absolute atomic E-state index is 0. The van der Waals surface area contributed by atoms with Gasteiger partial charge in [0.25, 0.3) is 0 Å². The summed E-state index contributed by atoms with van der Waals surface area (Å²) < 4.78 is 4.75. The van der Waals surface area contributed by atoms with Crippen LogP contribution < -0.4 is 5.32 Å². The van der Waals surface area contributed by atoms with Crippen LogP contribution in [0, 0.1) is 5.41 Å². The van der Waals surface area contributed by atoms with Gasteiger partial charge in [-0.05, 0) is 26.7 Å². The average molecular weight is 236 g/mol. The van der Waals surface area contributed by atoms with Gasteiger partial charge >= 0.3 is 5.97 Å². The van der Waals surface area contributed by atoms with Crippen LogP contribution >= 0.6 is 12.4 Å². The van der Waals surface area contributed by atoms with Crippen molar-refractivity contribution >= 4 is 18.4 Å². The molecule has 1 fully saturated rings. The monoisotopic (exact) mass is 235 g/mol. The molecule has 0 aliphatic heterocycles. The van der Waals surface area contributed by atoms with Crippen LogP contribution in [0.3, 0.4) is 0 Å². The third kappa shape index (κ3) is 4.39. The Morgan fingerprint density at radius 2 is 1.93 bits per heavy atom. The Balaban J connectivity index is 0.00000196. The highest BCUT2D eigenvalue weighted by Crippen LogP contribution is 2.20. The van der Waals surface area contributed by atoms with Crippen LogP contribution in [-0.4, -0.2) is 25.7 Å². The first-order valence-electron chi connectivity index (χ1n) is 5.38. The van der Waals surface area contributed by atoms with E-state index in [9.17, 15) is 4.79 Å². The van der Waals surface area contributed by atoms with Crippen molar-refractivity contribution in [2.75, 3.05) is 13.7 Å². The maximum absolute atomic E-state index is 11.4. The zero-order valence-electron chi connectivity index (χ0n) is 9.84. The molecular weight excluding hydrogens is 214 g/mol. The molecule has 0 radical (unpaired) electrons. The van der Waals surface area contributed by atoms with Gasteiger partial charge in [0.15, 0.2) is 0 Å². The molecule has 3 nitrogen and oxygen atoms in total. The van der Waals surface area contributed by atoms with Gasteiger partial charge in [0, 0.05) is 12.6 Å². The van der Waals surface area contributed by atoms with E-state index in [0.717, 1.165) is 0 Å². The van der Waals surface area contributed by atoms with Gasteiger partial charge in [0.05, 0.1) is 12.5 Å². The van der Waals surface area contributed by atoms with E-state index in [0.29, 0.717) is 12.6 Å². The van der Waals surface area contributed by atoms with Gasteiger partial charge < -0.3 is 10.1 Å². The summed E-state index contributed by atoms with van der Waals surface area (Å²) in [5.41, 5.74) is -0.405. The molecular formula is C11H22ClNO2. The number of hydrogen-bond acceptors (Lipinski definition) is 3. The van der Waals surface area contributed by atoms with Gasteiger partial charge in [-0.3, -0.25) is 4.79 Å². The molecule has 1 saturated carbocycles. The summed E-state index contributed by atoms with van der Waals surface area (Å²) in [5.74, 6) is -0.136. The van der Waals surface area contributed by atoms with E-state index in [1.165, 1.54) is 32.8 Å². The van der Waals surface area contributed by atoms with E-state index in [2.05, 4.69) is 5.32 Å². The molecule has 1 aliphatic rings. The maximum atomic E-state index is 11.4. The summed E-state index contributed by atoms with van der Waals surface area (Å²) in [7, 11) is 1.44. The second-order valence-corrected chi connectivity index (χ2v) is 4.74. The molecule has 4 heteroatoms. The smallest absolute Gasteiger partial charge is 0.312 e. The normalized spacial score (nSPS) is 17.3. The third-order valence-electron chi connectivity index (χ3n) is 2.93. The number of carbonyl (C=O) groups excluding carboxylic acids is 1. The van der Waals surface area contributed by atoms with Gasteiger partial charge in [0.2, 0.25) is 0 Å². The van der Waals surface area contributed by atoms with E-state index in [-0.39, 0.29) is 18.4 Å². The van der Waals surface area contributed by atoms with Crippen LogP contribution in [0.2, 0.25) is 0 Å². The number of hydrogen-bond donors (Lipinski definition) is 1. The number of esters is 1. The van der Waals surface area contributed by atoms with Crippen LogP contribution in [0.1, 0.15) is 39.5 Å². The lowest BCUT2D eigenvalue weighted by atomic mass is 9.93. The number of rotatable bonds is 4. The Hall–Kier alpha value is -0.280. The molecule has 0 aromatic rings. The largest absolute Gasteiger partial charge is 0.469 e. The SMILES string of the molecule is COC(=O)C(C)(C)CNC1CCCC1.Cl. The summed E-state index contributed by atoms with van der Waals surface area (Å²) in [5, 5.41) is 3.44. The summed E-state index contributed by atoms with van der Waals surface area (Å²) in [4.78, 5) is 11.4. The van der Waals surface area contributed by atoms with Crippen molar-refractivity contribution in [2.24, 2.45) is 5.41 Å². The number of halogens is 1. The van der Waals surface area contributed by atoms with Crippen molar-refractivity contribution in [3.8, 4) is 0 Å². The lowest BCUT2D eigenvalue weighted by Crippen LogP contribution is -2.40. The molecule has 0 spiro atoms. The quantitative estimate of drug-likeness (QED) is 0.759. The predicted molar refractivity (Wildman–Crippen MR) is 63.3 cm³/mol. The van der Waals surface area contributed by atoms with E-state index in [4.69, 9.17) is 4.74 Å². The Labute approximate surface area is 98.4 Å². The molecule has 0 amide bonds. The van der Waals surface area contributed by atoms with Gasteiger partial charge in [0.1, 0.15) is 0 Å². The molecule has 0 atom stereocenters. The minimum Gasteiger partial charge on any atom is -0.469 e. The van der Waals surface area contributed by atoms with Crippen molar-refractivity contribution in [3.05, 3.63) is 0 Å². The van der Waals surface area contributed by atoms with Gasteiger partial charge in [-0.15, -0.1) is 12.4 Å². The fourth-order valence-corrected chi connectivity index (χ4v) is 1.88. The second kappa shape index (κ2) is 6.33. The van der Waals surface area contributed by atoms with Crippen molar-refractivity contribution < 1.29 is 9.53 Å². The number of ether oxygens (including phenoxy) is 1. The topological polar surface area (TPSA) is 38.3 Å². The first-order valence-corrected chi connectivity index (χ1v) is 5.38. The van der Waals surface area contributed by atoms with Gasteiger partial charge in [-0.2, -0.15) is 0 Å². The highest BCUT2D eigenvalue weighted by atomic mass is 35.5. The van der Waals surface area contributed by atoms with Crippen LogP contribution in [0.15, 0.2) is 0 Å². The average Bonchev–Trinajstić information content (AvgIpc) is 2.66. The van der Waals surface area contributed by atoms with Crippen molar-refractivity contribution in [1.82, 2.24) is 5.32 Å². The third-order valence-corrected chi connectivity index (χ3v) is 2.93. The molecule has 0 heterocycles. The van der Waals surface area contributed by atoms with E-state index in [1.54, 1.807) is 0 Å². The fourth-order valence-electron chi connectivity index (χ4n) is 1.88. The van der Waals surface area contributed by atoms with Crippen molar-refractivity contribution in [3.63, 3.8) is 0 Å². The standard InChI is InChI=1S/C11H21NO2.ClH/c1-11(2,10(13)14-3)8-12-9-6-4-5-7-9;/h9,12H,4-8H2,1-3H3;1H. The summed E-state index contributed by atoms with van der Waals surface area (Å²) >= 11 is 0. The number of methoxy groups -OCH3 is 1. The molecule has 1 aliphatic carbocycles. The van der Waals surface area contributed by atoms with Crippen LogP contribution in [0.25, 0.3) is 0 Å². The summed E-state index contributed by atoms with van der Waals surface area (Å²) in [6, 6.07) is 0.610. The van der Waals surface area contributed by atoms with Gasteiger partial charge in [-0.1, -0.05) is 12.8 Å². The van der Waals surface area contributed by atoms with Crippen molar-refractivity contribution in [2.45, 2.75) is 45.6 Å². The van der Waals surface area contributed by atoms with Crippen LogP contribution in [0.5, 0.6) is 0 Å². The summed E-state index contributed by atoms with van der Waals surface area (Å²) in [6.45, 7) is 4.55. The molecule has 0 aromatic carbocycles. The molecule has 0 bridgehead atoms. The molecule has 90 valence electrons. The molecule has 0 saturated heterocycles. The highest BCUT2D eigenvalue weighted by Gasteiger charge is 2.29. The molecule has 0 unspecified atom stereocenters. The lowest BCUT2D eigenvalue weighted by Gasteiger charge is -2.24. The Morgan fingerprint density at radius 3 is 2.40 bits per heavy atom. The predicted octanol–water partition coefficient (Wildman–Crippen LogP) is 2.14. The van der Waals surface area contributed by atoms with E-state index < -0.39 is 5.41 Å². The zero-order valence-corrected chi connectivity index (χ0v) is 10.7. The van der Waals surface area contributed by atoms with Crippen LogP contribution in [-0.2, 0) is 9.53 Å². The number of nitrogens with one attached hydrogen (secondary N) is 1. The molecule has 15 heavy (non-hydrogen) atoms. The highest BCUT2D eigenvalue weighted by molar-refractivity contribution is 5.85. The zero-order chi connectivity index (χ0) is 10.6. The number of carbonyl (C=O) groups is 1. The lowest BCUT2D eigenvalue weighted by molar-refractivity contribution is -0.150. The van der Waals surface area contributed by atoms with E-state index in [1.807, 2.05) is 13.8 Å². The van der Waals surface area contributed by atoms with Crippen molar-refractivity contribution in [1.29, 1.82) is 0 Å². The Kier molecular flexibility index (Phi) is 6.22. The minimum atomic E-state index is -0.405. The van der Waals surface area contributed by atoms with Crippen LogP contribution in [0.4, 0.5) is 0 Å². The second-order valence-electron chi connectivity index (χ2n) is 4.74. The first-order chi connectivity index (χ1) is 6.56. The molecule has 0 aromatic heterocycles. The van der Waals surface area contributed by atoms with Gasteiger partial charge in [-0.25, -0.2) is 0 Å². The summed E-state index contributed by atoms with van der Waals surface area (Å²) in [6.07, 6.45) is 5.13. The molecule has 1 rings (SSSR count). The van der Waals surface area contributed by atoms with E-state index >= 15 is 0 Å². The Morgan fingerprint density at radius 1 is 1.40 bits per heavy atom. The Bertz CT molecular complexity index is 201. The first kappa shape index (κ1) is 14.7.